The molecule has 0 saturated carbocycles. The minimum atomic E-state index is -0.0265. The molecule has 0 saturated heterocycles. The number of carbonyl (C=O) groups excluding carboxylic acids is 2. The Morgan fingerprint density at radius 3 is 2.00 bits per heavy atom. The number of benzene rings is 1. The molecule has 0 aliphatic heterocycles. The molecule has 122 valence electrons. The normalized spacial score (nSPS) is 10.2. The molecule has 0 bridgehead atoms. The largest absolute Gasteiger partial charge is 0.372 e. The van der Waals surface area contributed by atoms with Crippen molar-refractivity contribution in [3.63, 3.8) is 0 Å². The molecule has 0 aromatic heterocycles. The van der Waals surface area contributed by atoms with Crippen LogP contribution in [0.2, 0.25) is 0 Å². The first kappa shape index (κ1) is 18.0. The van der Waals surface area contributed by atoms with E-state index in [0.717, 1.165) is 24.5 Å². The third kappa shape index (κ3) is 5.06. The highest BCUT2D eigenvalue weighted by Gasteiger charge is 2.12. The average molecular weight is 305 g/mol. The number of nitrogens with one attached hydrogen (secondary N) is 1. The van der Waals surface area contributed by atoms with Crippen molar-refractivity contribution in [3.8, 4) is 0 Å². The van der Waals surface area contributed by atoms with Gasteiger partial charge in [0.15, 0.2) is 0 Å². The molecule has 0 heterocycles. The van der Waals surface area contributed by atoms with Gasteiger partial charge in [-0.3, -0.25) is 9.59 Å². The van der Waals surface area contributed by atoms with Crippen LogP contribution in [0.3, 0.4) is 0 Å². The SMILES string of the molecule is CCC(=O)NCCN(C(C)=O)c1ccc(N(CC)CC)cc1. The van der Waals surface area contributed by atoms with E-state index in [1.54, 1.807) is 11.8 Å². The van der Waals surface area contributed by atoms with Crippen molar-refractivity contribution in [2.45, 2.75) is 34.1 Å². The maximum Gasteiger partial charge on any atom is 0.223 e. The average Bonchev–Trinajstić information content (AvgIpc) is 2.53. The van der Waals surface area contributed by atoms with E-state index >= 15 is 0 Å². The fraction of sp³-hybridized carbons (Fsp3) is 0.529. The summed E-state index contributed by atoms with van der Waals surface area (Å²) in [5.41, 5.74) is 2.01. The highest BCUT2D eigenvalue weighted by molar-refractivity contribution is 5.91. The highest BCUT2D eigenvalue weighted by Crippen LogP contribution is 2.20. The Morgan fingerprint density at radius 2 is 1.55 bits per heavy atom. The van der Waals surface area contributed by atoms with Gasteiger partial charge in [0.25, 0.3) is 0 Å². The van der Waals surface area contributed by atoms with Crippen LogP contribution in [0.5, 0.6) is 0 Å². The minimum absolute atomic E-state index is 0.000355. The smallest absolute Gasteiger partial charge is 0.223 e. The lowest BCUT2D eigenvalue weighted by molar-refractivity contribution is -0.121. The van der Waals surface area contributed by atoms with Crippen molar-refractivity contribution in [2.24, 2.45) is 0 Å². The summed E-state index contributed by atoms with van der Waals surface area (Å²) in [5, 5.41) is 2.79. The summed E-state index contributed by atoms with van der Waals surface area (Å²) in [5.74, 6) is -0.0262. The van der Waals surface area contributed by atoms with Gasteiger partial charge in [-0.15, -0.1) is 0 Å². The zero-order chi connectivity index (χ0) is 16.5. The van der Waals surface area contributed by atoms with E-state index in [0.29, 0.717) is 19.5 Å². The number of anilines is 2. The summed E-state index contributed by atoms with van der Waals surface area (Å²) in [7, 11) is 0. The standard InChI is InChI=1S/C17H27N3O2/c1-5-17(22)18-12-13-20(14(4)21)16-10-8-15(9-11-16)19(6-2)7-3/h8-11H,5-7,12-13H2,1-4H3,(H,18,22). The number of carbonyl (C=O) groups is 2. The van der Waals surface area contributed by atoms with Gasteiger partial charge in [0, 0.05) is 50.9 Å². The number of rotatable bonds is 8. The van der Waals surface area contributed by atoms with Gasteiger partial charge in [-0.2, -0.15) is 0 Å². The molecule has 5 heteroatoms. The van der Waals surface area contributed by atoms with E-state index < -0.39 is 0 Å². The van der Waals surface area contributed by atoms with Crippen molar-refractivity contribution < 1.29 is 9.59 Å². The predicted molar refractivity (Wildman–Crippen MR) is 91.3 cm³/mol. The van der Waals surface area contributed by atoms with E-state index in [9.17, 15) is 9.59 Å². The van der Waals surface area contributed by atoms with Crippen LogP contribution in [0.1, 0.15) is 34.1 Å². The molecule has 5 nitrogen and oxygen atoms in total. The van der Waals surface area contributed by atoms with Gasteiger partial charge in [-0.25, -0.2) is 0 Å². The summed E-state index contributed by atoms with van der Waals surface area (Å²) in [4.78, 5) is 27.0. The molecule has 1 N–H and O–H groups in total. The molecule has 22 heavy (non-hydrogen) atoms. The van der Waals surface area contributed by atoms with Crippen molar-refractivity contribution in [2.75, 3.05) is 36.0 Å². The third-order valence-electron chi connectivity index (χ3n) is 3.65. The van der Waals surface area contributed by atoms with Gasteiger partial charge in [0.05, 0.1) is 0 Å². The first-order valence-electron chi connectivity index (χ1n) is 7.93. The number of hydrogen-bond acceptors (Lipinski definition) is 3. The molecule has 1 aromatic rings. The molecule has 0 aliphatic carbocycles. The van der Waals surface area contributed by atoms with E-state index in [1.165, 1.54) is 0 Å². The van der Waals surface area contributed by atoms with Crippen molar-refractivity contribution >= 4 is 23.2 Å². The van der Waals surface area contributed by atoms with Gasteiger partial charge >= 0.3 is 0 Å². The fourth-order valence-corrected chi connectivity index (χ4v) is 2.33. The van der Waals surface area contributed by atoms with Crippen molar-refractivity contribution in [1.82, 2.24) is 5.32 Å². The molecule has 1 aromatic carbocycles. The summed E-state index contributed by atoms with van der Waals surface area (Å²) in [6.07, 6.45) is 0.457. The Hall–Kier alpha value is -2.04. The summed E-state index contributed by atoms with van der Waals surface area (Å²) >= 11 is 0. The predicted octanol–water partition coefficient (Wildman–Crippen LogP) is 2.41. The summed E-state index contributed by atoms with van der Waals surface area (Å²) in [6.45, 7) is 10.4. The van der Waals surface area contributed by atoms with Crippen LogP contribution in [-0.4, -0.2) is 38.0 Å². The number of amides is 2. The number of nitrogens with zero attached hydrogens (tertiary/aromatic N) is 2. The quantitative estimate of drug-likeness (QED) is 0.802. The molecule has 0 spiro atoms. The molecule has 0 fully saturated rings. The number of hydrogen-bond donors (Lipinski definition) is 1. The van der Waals surface area contributed by atoms with Crippen LogP contribution < -0.4 is 15.1 Å². The van der Waals surface area contributed by atoms with Crippen LogP contribution in [0, 0.1) is 0 Å². The summed E-state index contributed by atoms with van der Waals surface area (Å²) in [6, 6.07) is 7.97. The lowest BCUT2D eigenvalue weighted by Gasteiger charge is -2.24. The van der Waals surface area contributed by atoms with Gasteiger partial charge in [-0.05, 0) is 38.1 Å². The summed E-state index contributed by atoms with van der Waals surface area (Å²) < 4.78 is 0. The second-order valence-electron chi connectivity index (χ2n) is 5.06. The Kier molecular flexibility index (Phi) is 7.43. The van der Waals surface area contributed by atoms with Crippen LogP contribution in [-0.2, 0) is 9.59 Å². The Morgan fingerprint density at radius 1 is 1.00 bits per heavy atom. The second kappa shape index (κ2) is 9.07. The second-order valence-corrected chi connectivity index (χ2v) is 5.06. The third-order valence-corrected chi connectivity index (χ3v) is 3.65. The lowest BCUT2D eigenvalue weighted by atomic mass is 10.2. The van der Waals surface area contributed by atoms with Gasteiger partial charge < -0.3 is 15.1 Å². The molecule has 0 aliphatic rings. The molecule has 1 rings (SSSR count). The highest BCUT2D eigenvalue weighted by atomic mass is 16.2. The molecular formula is C17H27N3O2. The Labute approximate surface area is 133 Å². The zero-order valence-electron chi connectivity index (χ0n) is 14.1. The van der Waals surface area contributed by atoms with E-state index in [-0.39, 0.29) is 11.8 Å². The topological polar surface area (TPSA) is 52.7 Å². The first-order valence-corrected chi connectivity index (χ1v) is 7.93. The maximum atomic E-state index is 11.8. The van der Waals surface area contributed by atoms with Crippen LogP contribution >= 0.6 is 0 Å². The Balaban J connectivity index is 2.75. The first-order chi connectivity index (χ1) is 10.5. The van der Waals surface area contributed by atoms with E-state index in [1.807, 2.05) is 31.2 Å². The molecule has 0 unspecified atom stereocenters. The van der Waals surface area contributed by atoms with Crippen molar-refractivity contribution in [1.29, 1.82) is 0 Å². The maximum absolute atomic E-state index is 11.8. The zero-order valence-corrected chi connectivity index (χ0v) is 14.1. The fourth-order valence-electron chi connectivity index (χ4n) is 2.33. The molecule has 0 radical (unpaired) electrons. The van der Waals surface area contributed by atoms with Crippen molar-refractivity contribution in [3.05, 3.63) is 24.3 Å². The minimum Gasteiger partial charge on any atom is -0.372 e. The van der Waals surface area contributed by atoms with Crippen LogP contribution in [0.4, 0.5) is 11.4 Å². The van der Waals surface area contributed by atoms with Gasteiger partial charge in [0.2, 0.25) is 11.8 Å². The lowest BCUT2D eigenvalue weighted by Crippen LogP contribution is -2.37. The monoisotopic (exact) mass is 305 g/mol. The molecular weight excluding hydrogens is 278 g/mol. The molecule has 0 atom stereocenters. The molecule has 2 amide bonds. The Bertz CT molecular complexity index is 481. The van der Waals surface area contributed by atoms with Crippen LogP contribution in [0.15, 0.2) is 24.3 Å². The van der Waals surface area contributed by atoms with E-state index in [2.05, 4.69) is 24.1 Å². The van der Waals surface area contributed by atoms with Gasteiger partial charge in [0.1, 0.15) is 0 Å². The van der Waals surface area contributed by atoms with Gasteiger partial charge in [-0.1, -0.05) is 6.92 Å². The van der Waals surface area contributed by atoms with E-state index in [4.69, 9.17) is 0 Å². The van der Waals surface area contributed by atoms with Crippen LogP contribution in [0.25, 0.3) is 0 Å².